The zero-order valence-electron chi connectivity index (χ0n) is 8.77. The molecule has 0 saturated heterocycles. The van der Waals surface area contributed by atoms with Gasteiger partial charge in [-0.15, -0.1) is 0 Å². The van der Waals surface area contributed by atoms with Gasteiger partial charge < -0.3 is 10.0 Å². The van der Waals surface area contributed by atoms with Gasteiger partial charge in [0.1, 0.15) is 0 Å². The lowest BCUT2D eigenvalue weighted by molar-refractivity contribution is 0.276. The summed E-state index contributed by atoms with van der Waals surface area (Å²) in [6, 6.07) is 1.72. The first-order valence-corrected chi connectivity index (χ1v) is 4.91. The van der Waals surface area contributed by atoms with Gasteiger partial charge in [-0.2, -0.15) is 0 Å². The standard InChI is InChI=1S/C10H17N3O/c1-3-4-7-13(2)10-11-6-5-9(8-14)12-10/h5-6,14H,3-4,7-8H2,1-2H3. The topological polar surface area (TPSA) is 49.2 Å². The van der Waals surface area contributed by atoms with Crippen molar-refractivity contribution in [3.63, 3.8) is 0 Å². The van der Waals surface area contributed by atoms with E-state index in [0.29, 0.717) is 11.6 Å². The van der Waals surface area contributed by atoms with Gasteiger partial charge in [0.15, 0.2) is 0 Å². The number of unbranched alkanes of at least 4 members (excludes halogenated alkanes) is 1. The molecule has 4 nitrogen and oxygen atoms in total. The molecule has 0 aromatic carbocycles. The molecule has 1 N–H and O–H groups in total. The van der Waals surface area contributed by atoms with Crippen LogP contribution in [0.5, 0.6) is 0 Å². The molecule has 0 aliphatic rings. The Kier molecular flexibility index (Phi) is 4.32. The van der Waals surface area contributed by atoms with E-state index in [-0.39, 0.29) is 6.61 Å². The van der Waals surface area contributed by atoms with E-state index >= 15 is 0 Å². The van der Waals surface area contributed by atoms with Crippen LogP contribution in [-0.2, 0) is 6.61 Å². The average molecular weight is 195 g/mol. The van der Waals surface area contributed by atoms with E-state index in [2.05, 4.69) is 16.9 Å². The maximum absolute atomic E-state index is 8.91. The number of aromatic nitrogens is 2. The molecule has 0 amide bonds. The molecule has 1 rings (SSSR count). The van der Waals surface area contributed by atoms with Gasteiger partial charge in [0.2, 0.25) is 5.95 Å². The van der Waals surface area contributed by atoms with Gasteiger partial charge >= 0.3 is 0 Å². The first-order valence-electron chi connectivity index (χ1n) is 4.91. The van der Waals surface area contributed by atoms with Crippen LogP contribution >= 0.6 is 0 Å². The van der Waals surface area contributed by atoms with E-state index in [1.165, 1.54) is 0 Å². The second-order valence-electron chi connectivity index (χ2n) is 3.28. The fraction of sp³-hybridized carbons (Fsp3) is 0.600. The molecule has 0 aliphatic heterocycles. The van der Waals surface area contributed by atoms with Crippen LogP contribution in [0.4, 0.5) is 5.95 Å². The van der Waals surface area contributed by atoms with Crippen molar-refractivity contribution in [1.29, 1.82) is 0 Å². The summed E-state index contributed by atoms with van der Waals surface area (Å²) in [5.74, 6) is 0.685. The summed E-state index contributed by atoms with van der Waals surface area (Å²) >= 11 is 0. The summed E-state index contributed by atoms with van der Waals surface area (Å²) in [5.41, 5.74) is 0.665. The molecule has 0 radical (unpaired) electrons. The lowest BCUT2D eigenvalue weighted by Gasteiger charge is -2.16. The minimum absolute atomic E-state index is 0.0306. The molecule has 1 aromatic heterocycles. The van der Waals surface area contributed by atoms with Gasteiger partial charge in [-0.25, -0.2) is 9.97 Å². The molecule has 0 fully saturated rings. The highest BCUT2D eigenvalue weighted by atomic mass is 16.3. The molecular weight excluding hydrogens is 178 g/mol. The van der Waals surface area contributed by atoms with Crippen LogP contribution in [-0.4, -0.2) is 28.7 Å². The van der Waals surface area contributed by atoms with E-state index in [1.54, 1.807) is 12.3 Å². The Morgan fingerprint density at radius 2 is 2.29 bits per heavy atom. The molecule has 0 bridgehead atoms. The second kappa shape index (κ2) is 5.54. The Morgan fingerprint density at radius 1 is 1.50 bits per heavy atom. The van der Waals surface area contributed by atoms with E-state index < -0.39 is 0 Å². The number of rotatable bonds is 5. The third-order valence-corrected chi connectivity index (χ3v) is 2.05. The first-order chi connectivity index (χ1) is 6.77. The molecule has 1 aromatic rings. The minimum atomic E-state index is -0.0306. The third-order valence-electron chi connectivity index (χ3n) is 2.05. The van der Waals surface area contributed by atoms with Crippen LogP contribution in [0.25, 0.3) is 0 Å². The molecule has 0 atom stereocenters. The molecule has 1 heterocycles. The predicted octanol–water partition coefficient (Wildman–Crippen LogP) is 1.21. The van der Waals surface area contributed by atoms with Crippen LogP contribution < -0.4 is 4.90 Å². The average Bonchev–Trinajstić information content (AvgIpc) is 2.26. The van der Waals surface area contributed by atoms with Gasteiger partial charge in [0, 0.05) is 19.8 Å². The third kappa shape index (κ3) is 2.96. The predicted molar refractivity (Wildman–Crippen MR) is 56.1 cm³/mol. The normalized spacial score (nSPS) is 10.2. The summed E-state index contributed by atoms with van der Waals surface area (Å²) in [5, 5.41) is 8.91. The molecule has 0 spiro atoms. The Labute approximate surface area is 84.6 Å². The van der Waals surface area contributed by atoms with Crippen LogP contribution in [0.15, 0.2) is 12.3 Å². The summed E-state index contributed by atoms with van der Waals surface area (Å²) in [7, 11) is 1.96. The first kappa shape index (κ1) is 10.9. The smallest absolute Gasteiger partial charge is 0.225 e. The fourth-order valence-electron chi connectivity index (χ4n) is 1.15. The van der Waals surface area contributed by atoms with E-state index in [9.17, 15) is 0 Å². The maximum Gasteiger partial charge on any atom is 0.225 e. The van der Waals surface area contributed by atoms with Crippen molar-refractivity contribution in [3.05, 3.63) is 18.0 Å². The second-order valence-corrected chi connectivity index (χ2v) is 3.28. The quantitative estimate of drug-likeness (QED) is 0.767. The summed E-state index contributed by atoms with van der Waals surface area (Å²) in [4.78, 5) is 10.4. The lowest BCUT2D eigenvalue weighted by Crippen LogP contribution is -2.21. The van der Waals surface area contributed by atoms with Crippen LogP contribution in [0.2, 0.25) is 0 Å². The molecule has 78 valence electrons. The van der Waals surface area contributed by atoms with Crippen LogP contribution in [0.1, 0.15) is 25.5 Å². The van der Waals surface area contributed by atoms with E-state index in [1.807, 2.05) is 11.9 Å². The van der Waals surface area contributed by atoms with Gasteiger partial charge in [0.25, 0.3) is 0 Å². The van der Waals surface area contributed by atoms with Crippen molar-refractivity contribution in [2.24, 2.45) is 0 Å². The Balaban J connectivity index is 2.64. The number of nitrogens with zero attached hydrogens (tertiary/aromatic N) is 3. The van der Waals surface area contributed by atoms with Crippen LogP contribution in [0.3, 0.4) is 0 Å². The van der Waals surface area contributed by atoms with Crippen molar-refractivity contribution in [2.45, 2.75) is 26.4 Å². The highest BCUT2D eigenvalue weighted by molar-refractivity contribution is 5.28. The molecule has 0 aliphatic carbocycles. The van der Waals surface area contributed by atoms with E-state index in [4.69, 9.17) is 5.11 Å². The molecule has 4 heteroatoms. The minimum Gasteiger partial charge on any atom is -0.390 e. The largest absolute Gasteiger partial charge is 0.390 e. The number of hydrogen-bond donors (Lipinski definition) is 1. The van der Waals surface area contributed by atoms with Crippen molar-refractivity contribution in [3.8, 4) is 0 Å². The molecule has 14 heavy (non-hydrogen) atoms. The number of anilines is 1. The number of hydrogen-bond acceptors (Lipinski definition) is 4. The monoisotopic (exact) mass is 195 g/mol. The Hall–Kier alpha value is -1.16. The van der Waals surface area contributed by atoms with Crippen molar-refractivity contribution >= 4 is 5.95 Å². The SMILES string of the molecule is CCCCN(C)c1nccc(CO)n1. The van der Waals surface area contributed by atoms with E-state index in [0.717, 1.165) is 19.4 Å². The zero-order chi connectivity index (χ0) is 10.4. The summed E-state index contributed by atoms with van der Waals surface area (Å²) in [6.07, 6.45) is 3.96. The highest BCUT2D eigenvalue weighted by Gasteiger charge is 2.03. The van der Waals surface area contributed by atoms with Crippen LogP contribution in [0, 0.1) is 0 Å². The van der Waals surface area contributed by atoms with Crippen molar-refractivity contribution < 1.29 is 5.11 Å². The van der Waals surface area contributed by atoms with Gasteiger partial charge in [-0.1, -0.05) is 13.3 Å². The van der Waals surface area contributed by atoms with Crippen molar-refractivity contribution in [2.75, 3.05) is 18.5 Å². The number of aliphatic hydroxyl groups is 1. The van der Waals surface area contributed by atoms with Gasteiger partial charge in [-0.05, 0) is 12.5 Å². The lowest BCUT2D eigenvalue weighted by atomic mass is 10.3. The fourth-order valence-corrected chi connectivity index (χ4v) is 1.15. The summed E-state index contributed by atoms with van der Waals surface area (Å²) < 4.78 is 0. The maximum atomic E-state index is 8.91. The Bertz CT molecular complexity index is 278. The highest BCUT2D eigenvalue weighted by Crippen LogP contribution is 2.06. The Morgan fingerprint density at radius 3 is 2.93 bits per heavy atom. The molecule has 0 unspecified atom stereocenters. The zero-order valence-corrected chi connectivity index (χ0v) is 8.77. The van der Waals surface area contributed by atoms with Crippen molar-refractivity contribution in [1.82, 2.24) is 9.97 Å². The van der Waals surface area contributed by atoms with Gasteiger partial charge in [0.05, 0.1) is 12.3 Å². The molecular formula is C10H17N3O. The van der Waals surface area contributed by atoms with Gasteiger partial charge in [-0.3, -0.25) is 0 Å². The summed E-state index contributed by atoms with van der Waals surface area (Å²) in [6.45, 7) is 3.07. The molecule has 0 saturated carbocycles. The number of aliphatic hydroxyl groups excluding tert-OH is 1.